The maximum Gasteiger partial charge on any atom is 0.209 e. The van der Waals surface area contributed by atoms with E-state index in [-0.39, 0.29) is 23.3 Å². The summed E-state index contributed by atoms with van der Waals surface area (Å²) in [6, 6.07) is 11.7. The standard InChI is InChI=1S/C33H32F2N8O2S/c1-46(44,45)39-16-20-9-22(12-24(34)11-20)25-7-4-8-26-31(25)41-33(40-26)32-28-27(42-43-32)18-38-30(29(28)35)23-10-21(15-37-17-23)14-36-13-19-5-2-3-6-19/h4,7-12,15,17-19,36,39H,2-3,5-6,13-14,16H2,1H3,(H,40,41)(H,42,43). The van der Waals surface area contributed by atoms with Gasteiger partial charge in [0.1, 0.15) is 17.2 Å². The number of H-pyrrole nitrogens is 2. The molecule has 10 nitrogen and oxygen atoms in total. The number of fused-ring (bicyclic) bond motifs is 2. The van der Waals surface area contributed by atoms with Crippen LogP contribution in [0.3, 0.4) is 0 Å². The summed E-state index contributed by atoms with van der Waals surface area (Å²) in [5.41, 5.74) is 5.11. The number of hydrogen-bond acceptors (Lipinski definition) is 7. The van der Waals surface area contributed by atoms with Crippen LogP contribution in [0.15, 0.2) is 61.1 Å². The van der Waals surface area contributed by atoms with E-state index in [2.05, 4.69) is 35.2 Å². The van der Waals surface area contributed by atoms with Crippen molar-refractivity contribution in [1.82, 2.24) is 40.2 Å². The van der Waals surface area contributed by atoms with Crippen LogP contribution in [0, 0.1) is 17.6 Å². The van der Waals surface area contributed by atoms with Crippen molar-refractivity contribution >= 4 is 32.0 Å². The highest BCUT2D eigenvalue weighted by Gasteiger charge is 2.22. The average Bonchev–Trinajstić information content (AvgIpc) is 3.80. The lowest BCUT2D eigenvalue weighted by Crippen LogP contribution is -2.21. The number of sulfonamides is 1. The van der Waals surface area contributed by atoms with Crippen LogP contribution >= 0.6 is 0 Å². The van der Waals surface area contributed by atoms with Crippen LogP contribution in [-0.4, -0.2) is 51.4 Å². The van der Waals surface area contributed by atoms with Gasteiger partial charge in [0, 0.05) is 36.6 Å². The van der Waals surface area contributed by atoms with Crippen LogP contribution in [0.4, 0.5) is 8.78 Å². The normalized spacial score (nSPS) is 14.2. The smallest absolute Gasteiger partial charge is 0.209 e. The second-order valence-corrected chi connectivity index (χ2v) is 13.7. The van der Waals surface area contributed by atoms with Crippen molar-refractivity contribution in [2.45, 2.75) is 38.8 Å². The third-order valence-electron chi connectivity index (χ3n) is 8.39. The molecule has 0 unspecified atom stereocenters. The van der Waals surface area contributed by atoms with E-state index in [0.717, 1.165) is 18.4 Å². The second kappa shape index (κ2) is 12.3. The molecule has 236 valence electrons. The van der Waals surface area contributed by atoms with E-state index in [1.807, 2.05) is 12.1 Å². The first-order valence-electron chi connectivity index (χ1n) is 15.1. The fourth-order valence-corrected chi connectivity index (χ4v) is 6.63. The Morgan fingerprint density at radius 2 is 1.76 bits per heavy atom. The summed E-state index contributed by atoms with van der Waals surface area (Å²) in [7, 11) is -3.46. The summed E-state index contributed by atoms with van der Waals surface area (Å²) in [4.78, 5) is 16.8. The molecule has 0 radical (unpaired) electrons. The predicted molar refractivity (Wildman–Crippen MR) is 173 cm³/mol. The Morgan fingerprint density at radius 3 is 2.59 bits per heavy atom. The first kappa shape index (κ1) is 30.1. The Kier molecular flexibility index (Phi) is 8.05. The van der Waals surface area contributed by atoms with Gasteiger partial charge in [-0.15, -0.1) is 0 Å². The van der Waals surface area contributed by atoms with E-state index in [0.29, 0.717) is 57.1 Å². The molecular formula is C33H32F2N8O2S. The van der Waals surface area contributed by atoms with Gasteiger partial charge in [-0.05, 0) is 72.3 Å². The maximum atomic E-state index is 16.3. The zero-order chi connectivity index (χ0) is 31.8. The second-order valence-electron chi connectivity index (χ2n) is 11.9. The summed E-state index contributed by atoms with van der Waals surface area (Å²) >= 11 is 0. The van der Waals surface area contributed by atoms with Crippen LogP contribution in [0.1, 0.15) is 36.8 Å². The summed E-state index contributed by atoms with van der Waals surface area (Å²) in [5, 5.41) is 11.0. The van der Waals surface area contributed by atoms with E-state index in [9.17, 15) is 12.8 Å². The number of imidazole rings is 1. The molecule has 4 heterocycles. The van der Waals surface area contributed by atoms with Crippen LogP contribution in [0.2, 0.25) is 0 Å². The molecule has 4 N–H and O–H groups in total. The molecule has 2 aromatic carbocycles. The van der Waals surface area contributed by atoms with Crippen molar-refractivity contribution in [2.24, 2.45) is 5.92 Å². The highest BCUT2D eigenvalue weighted by atomic mass is 32.2. The van der Waals surface area contributed by atoms with Crippen molar-refractivity contribution < 1.29 is 17.2 Å². The molecule has 0 aliphatic heterocycles. The molecule has 0 bridgehead atoms. The molecule has 0 atom stereocenters. The van der Waals surface area contributed by atoms with Gasteiger partial charge in [0.2, 0.25) is 10.0 Å². The Labute approximate surface area is 264 Å². The minimum absolute atomic E-state index is 0.0598. The number of halogens is 2. The molecule has 1 fully saturated rings. The Balaban J connectivity index is 1.22. The van der Waals surface area contributed by atoms with Gasteiger partial charge in [0.25, 0.3) is 0 Å². The van der Waals surface area contributed by atoms with Crippen LogP contribution < -0.4 is 10.0 Å². The number of benzene rings is 2. The minimum Gasteiger partial charge on any atom is -0.337 e. The quantitative estimate of drug-likeness (QED) is 0.147. The third-order valence-corrected chi connectivity index (χ3v) is 9.06. The average molecular weight is 643 g/mol. The van der Waals surface area contributed by atoms with Gasteiger partial charge in [-0.25, -0.2) is 26.9 Å². The number of para-hydroxylation sites is 1. The van der Waals surface area contributed by atoms with Crippen molar-refractivity contribution in [3.05, 3.63) is 83.8 Å². The monoisotopic (exact) mass is 642 g/mol. The fraction of sp³-hybridized carbons (Fsp3) is 0.273. The number of nitrogens with zero attached hydrogens (tertiary/aromatic N) is 4. The maximum absolute atomic E-state index is 16.3. The lowest BCUT2D eigenvalue weighted by atomic mass is 10.0. The minimum atomic E-state index is -3.46. The van der Waals surface area contributed by atoms with E-state index in [1.165, 1.54) is 37.8 Å². The molecule has 7 rings (SSSR count). The van der Waals surface area contributed by atoms with E-state index < -0.39 is 21.7 Å². The summed E-state index contributed by atoms with van der Waals surface area (Å²) in [6.07, 6.45) is 11.1. The Hall–Kier alpha value is -4.59. The fourth-order valence-electron chi connectivity index (χ4n) is 6.20. The van der Waals surface area contributed by atoms with Gasteiger partial charge >= 0.3 is 0 Å². The first-order valence-corrected chi connectivity index (χ1v) is 17.0. The van der Waals surface area contributed by atoms with Gasteiger partial charge in [0.15, 0.2) is 11.6 Å². The van der Waals surface area contributed by atoms with Gasteiger partial charge < -0.3 is 10.3 Å². The molecule has 1 aliphatic rings. The predicted octanol–water partition coefficient (Wildman–Crippen LogP) is 5.84. The van der Waals surface area contributed by atoms with E-state index in [1.54, 1.807) is 36.8 Å². The van der Waals surface area contributed by atoms with Crippen molar-refractivity contribution in [1.29, 1.82) is 0 Å². The van der Waals surface area contributed by atoms with Crippen molar-refractivity contribution in [3.63, 3.8) is 0 Å². The Morgan fingerprint density at radius 1 is 0.935 bits per heavy atom. The SMILES string of the molecule is CS(=O)(=O)NCc1cc(F)cc(-c2cccc3[nH]c(-c4n[nH]c5cnc(-c6cncc(CNCC7CCCC7)c6)c(F)c45)nc23)c1. The summed E-state index contributed by atoms with van der Waals surface area (Å²) in [6.45, 7) is 1.54. The van der Waals surface area contributed by atoms with Crippen molar-refractivity contribution in [2.75, 3.05) is 12.8 Å². The van der Waals surface area contributed by atoms with Gasteiger partial charge in [0.05, 0.1) is 34.4 Å². The van der Waals surface area contributed by atoms with Crippen LogP contribution in [-0.2, 0) is 23.1 Å². The number of hydrogen-bond donors (Lipinski definition) is 4. The Bertz CT molecular complexity index is 2170. The molecule has 1 aliphatic carbocycles. The molecule has 0 spiro atoms. The molecule has 0 saturated heterocycles. The van der Waals surface area contributed by atoms with Crippen LogP contribution in [0.25, 0.3) is 55.8 Å². The zero-order valence-electron chi connectivity index (χ0n) is 25.1. The number of nitrogens with one attached hydrogen (secondary N) is 4. The molecule has 4 aromatic heterocycles. The lowest BCUT2D eigenvalue weighted by Gasteiger charge is -2.11. The number of pyridine rings is 2. The number of aromatic amines is 2. The number of rotatable bonds is 10. The molecule has 13 heteroatoms. The highest BCUT2D eigenvalue weighted by molar-refractivity contribution is 7.88. The molecule has 1 saturated carbocycles. The van der Waals surface area contributed by atoms with Gasteiger partial charge in [-0.3, -0.25) is 15.1 Å². The molecule has 6 aromatic rings. The zero-order valence-corrected chi connectivity index (χ0v) is 25.9. The number of aromatic nitrogens is 6. The van der Waals surface area contributed by atoms with E-state index in [4.69, 9.17) is 4.98 Å². The summed E-state index contributed by atoms with van der Waals surface area (Å²) < 4.78 is 56.5. The van der Waals surface area contributed by atoms with Crippen LogP contribution in [0.5, 0.6) is 0 Å². The van der Waals surface area contributed by atoms with Crippen molar-refractivity contribution in [3.8, 4) is 33.9 Å². The molecular weight excluding hydrogens is 610 g/mol. The highest BCUT2D eigenvalue weighted by Crippen LogP contribution is 2.35. The molecule has 46 heavy (non-hydrogen) atoms. The summed E-state index contributed by atoms with van der Waals surface area (Å²) in [5.74, 6) is -0.0303. The lowest BCUT2D eigenvalue weighted by molar-refractivity contribution is 0.489. The molecule has 0 amide bonds. The van der Waals surface area contributed by atoms with E-state index >= 15 is 4.39 Å². The third kappa shape index (κ3) is 6.26. The van der Waals surface area contributed by atoms with Gasteiger partial charge in [-0.2, -0.15) is 5.10 Å². The largest absolute Gasteiger partial charge is 0.337 e. The van der Waals surface area contributed by atoms with Gasteiger partial charge in [-0.1, -0.05) is 25.0 Å². The topological polar surface area (TPSA) is 141 Å². The first-order chi connectivity index (χ1) is 22.2.